The van der Waals surface area contributed by atoms with E-state index in [1.54, 1.807) is 44.9 Å². The summed E-state index contributed by atoms with van der Waals surface area (Å²) >= 11 is 12.1. The zero-order chi connectivity index (χ0) is 24.2. The van der Waals surface area contributed by atoms with E-state index in [2.05, 4.69) is 5.32 Å². The number of hydrogen-bond donors (Lipinski definition) is 1. The lowest BCUT2D eigenvalue weighted by atomic mass is 10.0. The third-order valence-electron chi connectivity index (χ3n) is 5.02. The van der Waals surface area contributed by atoms with Crippen LogP contribution in [0.4, 0.5) is 4.79 Å². The minimum Gasteiger partial charge on any atom is -0.444 e. The van der Waals surface area contributed by atoms with Crippen molar-refractivity contribution in [2.45, 2.75) is 45.4 Å². The predicted octanol–water partition coefficient (Wildman–Crippen LogP) is 6.24. The minimum atomic E-state index is -0.797. The van der Waals surface area contributed by atoms with Crippen LogP contribution in [0.3, 0.4) is 0 Å². The van der Waals surface area contributed by atoms with Gasteiger partial charge in [-0.15, -0.1) is 0 Å². The zero-order valence-electron chi connectivity index (χ0n) is 19.2. The molecule has 1 atom stereocenters. The predicted molar refractivity (Wildman–Crippen MR) is 134 cm³/mol. The van der Waals surface area contributed by atoms with E-state index >= 15 is 0 Å². The molecule has 0 aliphatic rings. The number of ether oxygens (including phenoxy) is 1. The van der Waals surface area contributed by atoms with Crippen molar-refractivity contribution in [1.82, 2.24) is 10.2 Å². The van der Waals surface area contributed by atoms with Gasteiger partial charge in [-0.05, 0) is 54.8 Å². The Bertz CT molecular complexity index is 1160. The Labute approximate surface area is 204 Å². The molecule has 0 fully saturated rings. The van der Waals surface area contributed by atoms with E-state index in [0.717, 1.165) is 21.9 Å². The van der Waals surface area contributed by atoms with E-state index in [-0.39, 0.29) is 5.91 Å². The number of benzene rings is 3. The van der Waals surface area contributed by atoms with Gasteiger partial charge in [0.05, 0.1) is 10.0 Å². The van der Waals surface area contributed by atoms with Gasteiger partial charge in [-0.1, -0.05) is 71.7 Å². The number of nitrogens with zero attached hydrogens (tertiary/aromatic N) is 1. The number of hydrogen-bond acceptors (Lipinski definition) is 3. The Morgan fingerprint density at radius 1 is 0.939 bits per heavy atom. The van der Waals surface area contributed by atoms with Crippen LogP contribution >= 0.6 is 23.2 Å². The molecule has 2 amide bonds. The molecule has 0 saturated carbocycles. The molecule has 0 aliphatic carbocycles. The molecule has 3 rings (SSSR count). The minimum absolute atomic E-state index is 0.236. The lowest BCUT2D eigenvalue weighted by Gasteiger charge is -2.27. The summed E-state index contributed by atoms with van der Waals surface area (Å²) in [6, 6.07) is 18.5. The van der Waals surface area contributed by atoms with E-state index < -0.39 is 17.7 Å². The zero-order valence-corrected chi connectivity index (χ0v) is 20.7. The topological polar surface area (TPSA) is 58.6 Å². The van der Waals surface area contributed by atoms with Gasteiger partial charge >= 0.3 is 6.09 Å². The first-order valence-corrected chi connectivity index (χ1v) is 11.4. The van der Waals surface area contributed by atoms with Gasteiger partial charge in [0, 0.05) is 20.0 Å². The van der Waals surface area contributed by atoms with Crippen LogP contribution in [-0.4, -0.2) is 35.6 Å². The molecule has 33 heavy (non-hydrogen) atoms. The Kier molecular flexibility index (Phi) is 7.88. The SMILES string of the molecule is CN(Cc1ccc(Cl)c(Cl)c1)C(=O)[C@H](Cc1ccc2ccccc2c1)NC(=O)OC(C)(C)C. The molecule has 0 saturated heterocycles. The first-order valence-electron chi connectivity index (χ1n) is 10.7. The van der Waals surface area contributed by atoms with Crippen LogP contribution in [0.15, 0.2) is 60.7 Å². The van der Waals surface area contributed by atoms with Gasteiger partial charge in [0.1, 0.15) is 11.6 Å². The van der Waals surface area contributed by atoms with Crippen LogP contribution in [0, 0.1) is 0 Å². The fraction of sp³-hybridized carbons (Fsp3) is 0.308. The normalized spacial score (nSPS) is 12.3. The smallest absolute Gasteiger partial charge is 0.408 e. The number of halogens is 2. The Morgan fingerprint density at radius 3 is 2.27 bits per heavy atom. The molecule has 3 aromatic rings. The Hall–Kier alpha value is -2.76. The largest absolute Gasteiger partial charge is 0.444 e. The number of alkyl carbamates (subject to hydrolysis) is 1. The highest BCUT2D eigenvalue weighted by atomic mass is 35.5. The lowest BCUT2D eigenvalue weighted by molar-refractivity contribution is -0.132. The summed E-state index contributed by atoms with van der Waals surface area (Å²) < 4.78 is 5.40. The van der Waals surface area contributed by atoms with Crippen molar-refractivity contribution >= 4 is 46.0 Å². The molecule has 174 valence electrons. The van der Waals surface area contributed by atoms with Crippen molar-refractivity contribution in [3.05, 3.63) is 81.8 Å². The first-order chi connectivity index (χ1) is 15.5. The summed E-state index contributed by atoms with van der Waals surface area (Å²) in [5.41, 5.74) is 1.10. The van der Waals surface area contributed by atoms with E-state index in [9.17, 15) is 9.59 Å². The second kappa shape index (κ2) is 10.4. The van der Waals surface area contributed by atoms with Crippen LogP contribution < -0.4 is 5.32 Å². The third kappa shape index (κ3) is 7.11. The fourth-order valence-electron chi connectivity index (χ4n) is 3.51. The average molecular weight is 487 g/mol. The molecular weight excluding hydrogens is 459 g/mol. The van der Waals surface area contributed by atoms with Gasteiger partial charge in [-0.2, -0.15) is 0 Å². The van der Waals surface area contributed by atoms with Crippen LogP contribution in [-0.2, 0) is 22.5 Å². The molecule has 5 nitrogen and oxygen atoms in total. The van der Waals surface area contributed by atoms with Crippen molar-refractivity contribution in [3.63, 3.8) is 0 Å². The summed E-state index contributed by atoms with van der Waals surface area (Å²) in [4.78, 5) is 27.4. The summed E-state index contributed by atoms with van der Waals surface area (Å²) in [6.07, 6.45) is -0.307. The molecular formula is C26H28Cl2N2O3. The highest BCUT2D eigenvalue weighted by molar-refractivity contribution is 6.42. The van der Waals surface area contributed by atoms with Crippen molar-refractivity contribution in [2.24, 2.45) is 0 Å². The van der Waals surface area contributed by atoms with Crippen molar-refractivity contribution in [2.75, 3.05) is 7.05 Å². The standard InChI is InChI=1S/C26H28Cl2N2O3/c1-26(2,3)33-25(32)29-23(15-17-9-11-19-7-5-6-8-20(19)13-17)24(31)30(4)16-18-10-12-21(27)22(28)14-18/h5-14,23H,15-16H2,1-4H3,(H,29,32)/t23-/m0/s1. The third-order valence-corrected chi connectivity index (χ3v) is 5.76. The van der Waals surface area contributed by atoms with Gasteiger partial charge in [-0.3, -0.25) is 4.79 Å². The first kappa shape index (κ1) is 24.9. The van der Waals surface area contributed by atoms with Crippen LogP contribution in [0.2, 0.25) is 10.0 Å². The molecule has 0 spiro atoms. The molecule has 1 N–H and O–H groups in total. The number of nitrogens with one attached hydrogen (secondary N) is 1. The van der Waals surface area contributed by atoms with Gasteiger partial charge in [-0.25, -0.2) is 4.79 Å². The highest BCUT2D eigenvalue weighted by Crippen LogP contribution is 2.23. The van der Waals surface area contributed by atoms with E-state index in [4.69, 9.17) is 27.9 Å². The Morgan fingerprint density at radius 2 is 1.61 bits per heavy atom. The molecule has 0 heterocycles. The number of fused-ring (bicyclic) bond motifs is 1. The van der Waals surface area contributed by atoms with Gasteiger partial charge < -0.3 is 15.0 Å². The Balaban J connectivity index is 1.81. The maximum Gasteiger partial charge on any atom is 0.408 e. The van der Waals surface area contributed by atoms with Gasteiger partial charge in [0.25, 0.3) is 0 Å². The quantitative estimate of drug-likeness (QED) is 0.448. The average Bonchev–Trinajstić information content (AvgIpc) is 2.74. The molecule has 0 aliphatic heterocycles. The van der Waals surface area contributed by atoms with Crippen LogP contribution in [0.5, 0.6) is 0 Å². The number of likely N-dealkylation sites (N-methyl/N-ethyl adjacent to an activating group) is 1. The number of amides is 2. The molecule has 0 unspecified atom stereocenters. The van der Waals surface area contributed by atoms with Gasteiger partial charge in [0.2, 0.25) is 5.91 Å². The van der Waals surface area contributed by atoms with Crippen LogP contribution in [0.1, 0.15) is 31.9 Å². The van der Waals surface area contributed by atoms with E-state index in [0.29, 0.717) is 23.0 Å². The number of carbonyl (C=O) groups is 2. The maximum absolute atomic E-state index is 13.4. The van der Waals surface area contributed by atoms with Crippen molar-refractivity contribution < 1.29 is 14.3 Å². The second-order valence-corrected chi connectivity index (χ2v) is 9.84. The van der Waals surface area contributed by atoms with E-state index in [1.165, 1.54) is 0 Å². The second-order valence-electron chi connectivity index (χ2n) is 9.03. The number of rotatable bonds is 6. The van der Waals surface area contributed by atoms with Gasteiger partial charge in [0.15, 0.2) is 0 Å². The summed E-state index contributed by atoms with van der Waals surface area (Å²) in [7, 11) is 1.69. The molecule has 3 aromatic carbocycles. The summed E-state index contributed by atoms with van der Waals surface area (Å²) in [5, 5.41) is 5.82. The summed E-state index contributed by atoms with van der Waals surface area (Å²) in [5.74, 6) is -0.236. The summed E-state index contributed by atoms with van der Waals surface area (Å²) in [6.45, 7) is 5.66. The monoisotopic (exact) mass is 486 g/mol. The highest BCUT2D eigenvalue weighted by Gasteiger charge is 2.27. The lowest BCUT2D eigenvalue weighted by Crippen LogP contribution is -2.49. The van der Waals surface area contributed by atoms with E-state index in [1.807, 2.05) is 48.5 Å². The number of carbonyl (C=O) groups excluding carboxylic acids is 2. The van der Waals surface area contributed by atoms with Crippen molar-refractivity contribution in [1.29, 1.82) is 0 Å². The fourth-order valence-corrected chi connectivity index (χ4v) is 3.83. The van der Waals surface area contributed by atoms with Crippen LogP contribution in [0.25, 0.3) is 10.8 Å². The molecule has 7 heteroatoms. The molecule has 0 bridgehead atoms. The maximum atomic E-state index is 13.4. The van der Waals surface area contributed by atoms with Crippen molar-refractivity contribution in [3.8, 4) is 0 Å². The molecule has 0 radical (unpaired) electrons. The molecule has 0 aromatic heterocycles.